The highest BCUT2D eigenvalue weighted by molar-refractivity contribution is 7.20. The van der Waals surface area contributed by atoms with E-state index >= 15 is 0 Å². The molecule has 2 heterocycles. The van der Waals surface area contributed by atoms with Crippen molar-refractivity contribution >= 4 is 21.6 Å². The van der Waals surface area contributed by atoms with Gasteiger partial charge in [-0.1, -0.05) is 53.8 Å². The van der Waals surface area contributed by atoms with Gasteiger partial charge in [-0.15, -0.1) is 0 Å². The molecule has 1 fully saturated rings. The number of rotatable bonds is 8. The summed E-state index contributed by atoms with van der Waals surface area (Å²) >= 11 is 1.54. The third kappa shape index (κ3) is 5.36. The molecular formula is C27H28N2O3S. The van der Waals surface area contributed by atoms with Crippen LogP contribution in [-0.2, 0) is 5.60 Å². The molecule has 0 amide bonds. The van der Waals surface area contributed by atoms with Crippen LogP contribution in [-0.4, -0.2) is 41.2 Å². The van der Waals surface area contributed by atoms with Gasteiger partial charge >= 0.3 is 0 Å². The van der Waals surface area contributed by atoms with Gasteiger partial charge in [0.2, 0.25) is 0 Å². The number of hydrogen-bond acceptors (Lipinski definition) is 6. The molecular weight excluding hydrogens is 432 g/mol. The Hall–Kier alpha value is -2.93. The van der Waals surface area contributed by atoms with Gasteiger partial charge < -0.3 is 19.5 Å². The van der Waals surface area contributed by atoms with Crippen LogP contribution in [0.25, 0.3) is 10.2 Å². The first-order valence-electron chi connectivity index (χ1n) is 11.4. The predicted octanol–water partition coefficient (Wildman–Crippen LogP) is 5.84. The van der Waals surface area contributed by atoms with Gasteiger partial charge in [0.15, 0.2) is 0 Å². The van der Waals surface area contributed by atoms with Gasteiger partial charge in [0.1, 0.15) is 11.5 Å². The summed E-state index contributed by atoms with van der Waals surface area (Å²) in [4.78, 5) is 6.92. The molecule has 4 aromatic rings. The Morgan fingerprint density at radius 1 is 0.879 bits per heavy atom. The maximum atomic E-state index is 11.0. The van der Waals surface area contributed by atoms with Crippen LogP contribution in [0.15, 0.2) is 78.9 Å². The molecule has 3 aromatic carbocycles. The quantitative estimate of drug-likeness (QED) is 0.335. The second-order valence-corrected chi connectivity index (χ2v) is 9.46. The first kappa shape index (κ1) is 21.9. The lowest BCUT2D eigenvalue weighted by molar-refractivity contribution is -0.0264. The van der Waals surface area contributed by atoms with E-state index in [1.807, 2.05) is 78.9 Å². The molecule has 0 unspecified atom stereocenters. The van der Waals surface area contributed by atoms with Crippen molar-refractivity contribution in [2.24, 2.45) is 0 Å². The molecule has 6 heteroatoms. The minimum atomic E-state index is -0.691. The van der Waals surface area contributed by atoms with Crippen LogP contribution in [0.2, 0.25) is 0 Å². The average molecular weight is 461 g/mol. The summed E-state index contributed by atoms with van der Waals surface area (Å²) in [6.07, 6.45) is 2.50. The Bertz CT molecular complexity index is 1140. The SMILES string of the molecule is OC1(c2ccccc2)CCN(CCCOc2ccc(Oc3nc4ccccc4s3)cc2)CC1. The van der Waals surface area contributed by atoms with Crippen LogP contribution in [0, 0.1) is 0 Å². The van der Waals surface area contributed by atoms with Crippen LogP contribution in [0.5, 0.6) is 16.7 Å². The van der Waals surface area contributed by atoms with Gasteiger partial charge in [-0.3, -0.25) is 0 Å². The van der Waals surface area contributed by atoms with Crippen LogP contribution < -0.4 is 9.47 Å². The number of thiazole rings is 1. The summed E-state index contributed by atoms with van der Waals surface area (Å²) in [6, 6.07) is 25.8. The van der Waals surface area contributed by atoms with Crippen molar-refractivity contribution in [2.75, 3.05) is 26.2 Å². The number of hydrogen-bond donors (Lipinski definition) is 1. The van der Waals surface area contributed by atoms with E-state index in [0.29, 0.717) is 11.8 Å². The molecule has 5 nitrogen and oxygen atoms in total. The van der Waals surface area contributed by atoms with Gasteiger partial charge in [-0.05, 0) is 61.2 Å². The largest absolute Gasteiger partial charge is 0.494 e. The van der Waals surface area contributed by atoms with Crippen LogP contribution in [0.4, 0.5) is 0 Å². The van der Waals surface area contributed by atoms with Crippen molar-refractivity contribution in [1.29, 1.82) is 0 Å². The van der Waals surface area contributed by atoms with Gasteiger partial charge in [-0.2, -0.15) is 0 Å². The fourth-order valence-corrected chi connectivity index (χ4v) is 5.10. The maximum absolute atomic E-state index is 11.0. The molecule has 0 bridgehead atoms. The summed E-state index contributed by atoms with van der Waals surface area (Å²) in [5, 5.41) is 11.6. The van der Waals surface area contributed by atoms with E-state index < -0.39 is 5.60 Å². The Labute approximate surface area is 198 Å². The van der Waals surface area contributed by atoms with E-state index in [1.165, 1.54) is 0 Å². The molecule has 0 aliphatic carbocycles. The van der Waals surface area contributed by atoms with Crippen molar-refractivity contribution in [3.8, 4) is 16.7 Å². The predicted molar refractivity (Wildman–Crippen MR) is 132 cm³/mol. The lowest BCUT2D eigenvalue weighted by Crippen LogP contribution is -2.43. The number of likely N-dealkylation sites (tertiary alicyclic amines) is 1. The molecule has 0 atom stereocenters. The van der Waals surface area contributed by atoms with Crippen molar-refractivity contribution in [1.82, 2.24) is 9.88 Å². The van der Waals surface area contributed by atoms with E-state index in [9.17, 15) is 5.11 Å². The minimum absolute atomic E-state index is 0.644. The van der Waals surface area contributed by atoms with Crippen molar-refractivity contribution in [3.05, 3.63) is 84.4 Å². The maximum Gasteiger partial charge on any atom is 0.279 e. The molecule has 0 spiro atoms. The first-order chi connectivity index (χ1) is 16.2. The monoisotopic (exact) mass is 460 g/mol. The summed E-state index contributed by atoms with van der Waals surface area (Å²) < 4.78 is 12.9. The zero-order valence-corrected chi connectivity index (χ0v) is 19.3. The molecule has 170 valence electrons. The third-order valence-electron chi connectivity index (χ3n) is 6.18. The minimum Gasteiger partial charge on any atom is -0.494 e. The number of fused-ring (bicyclic) bond motifs is 1. The lowest BCUT2D eigenvalue weighted by Gasteiger charge is -2.38. The molecule has 1 saturated heterocycles. The van der Waals surface area contributed by atoms with Crippen LogP contribution in [0.3, 0.4) is 0 Å². The second-order valence-electron chi connectivity index (χ2n) is 8.46. The zero-order chi connectivity index (χ0) is 22.5. The topological polar surface area (TPSA) is 54.8 Å². The standard InChI is InChI=1S/C27H28N2O3S/c30-27(21-7-2-1-3-8-21)15-18-29(19-16-27)17-6-20-31-22-11-13-23(14-12-22)32-26-28-24-9-4-5-10-25(24)33-26/h1-5,7-14,30H,6,15-20H2. The highest BCUT2D eigenvalue weighted by Gasteiger charge is 2.33. The van der Waals surface area contributed by atoms with Crippen molar-refractivity contribution in [3.63, 3.8) is 0 Å². The molecule has 5 rings (SSSR count). The van der Waals surface area contributed by atoms with Crippen molar-refractivity contribution in [2.45, 2.75) is 24.9 Å². The highest BCUT2D eigenvalue weighted by Crippen LogP contribution is 2.33. The second kappa shape index (κ2) is 9.91. The van der Waals surface area contributed by atoms with E-state index in [1.54, 1.807) is 11.3 Å². The zero-order valence-electron chi connectivity index (χ0n) is 18.5. The van der Waals surface area contributed by atoms with E-state index in [2.05, 4.69) is 9.88 Å². The Kier molecular flexibility index (Phi) is 6.58. The van der Waals surface area contributed by atoms with E-state index in [0.717, 1.165) is 66.2 Å². The third-order valence-corrected chi connectivity index (χ3v) is 7.10. The van der Waals surface area contributed by atoms with Crippen LogP contribution >= 0.6 is 11.3 Å². The van der Waals surface area contributed by atoms with Gasteiger partial charge in [0.25, 0.3) is 5.19 Å². The Morgan fingerprint density at radius 2 is 1.58 bits per heavy atom. The summed E-state index contributed by atoms with van der Waals surface area (Å²) in [7, 11) is 0. The summed E-state index contributed by atoms with van der Waals surface area (Å²) in [6.45, 7) is 3.45. The summed E-state index contributed by atoms with van der Waals surface area (Å²) in [5.41, 5.74) is 1.29. The Balaban J connectivity index is 1.04. The number of nitrogens with zero attached hydrogens (tertiary/aromatic N) is 2. The van der Waals surface area contributed by atoms with E-state index in [-0.39, 0.29) is 0 Å². The molecule has 1 aliphatic rings. The average Bonchev–Trinajstić information content (AvgIpc) is 3.27. The smallest absolute Gasteiger partial charge is 0.279 e. The molecule has 1 aromatic heterocycles. The molecule has 33 heavy (non-hydrogen) atoms. The molecule has 1 N–H and O–H groups in total. The van der Waals surface area contributed by atoms with E-state index in [4.69, 9.17) is 9.47 Å². The fraction of sp³-hybridized carbons (Fsp3) is 0.296. The van der Waals surface area contributed by atoms with Gasteiger partial charge in [0.05, 0.1) is 22.4 Å². The van der Waals surface area contributed by atoms with Crippen LogP contribution in [0.1, 0.15) is 24.8 Å². The summed E-state index contributed by atoms with van der Waals surface area (Å²) in [5.74, 6) is 1.59. The normalized spacial score (nSPS) is 16.0. The van der Waals surface area contributed by atoms with Crippen molar-refractivity contribution < 1.29 is 14.6 Å². The fourth-order valence-electron chi connectivity index (χ4n) is 4.26. The highest BCUT2D eigenvalue weighted by atomic mass is 32.1. The van der Waals surface area contributed by atoms with Gasteiger partial charge in [0, 0.05) is 19.6 Å². The Morgan fingerprint density at radius 3 is 2.33 bits per heavy atom. The first-order valence-corrected chi connectivity index (χ1v) is 12.3. The molecule has 1 aliphatic heterocycles. The number of aromatic nitrogens is 1. The molecule has 0 saturated carbocycles. The number of para-hydroxylation sites is 1. The molecule has 0 radical (unpaired) electrons. The number of ether oxygens (including phenoxy) is 2. The van der Waals surface area contributed by atoms with Gasteiger partial charge in [-0.25, -0.2) is 4.98 Å². The lowest BCUT2D eigenvalue weighted by atomic mass is 9.84. The number of benzene rings is 3. The number of piperidine rings is 1. The number of aliphatic hydroxyl groups is 1.